The molecule has 2 N–H and O–H groups in total. The lowest BCUT2D eigenvalue weighted by atomic mass is 10.3. The fourth-order valence-corrected chi connectivity index (χ4v) is 2.94. The summed E-state index contributed by atoms with van der Waals surface area (Å²) in [5.74, 6) is 0. The van der Waals surface area contributed by atoms with Crippen LogP contribution in [0.5, 0.6) is 0 Å². The van der Waals surface area contributed by atoms with Crippen LogP contribution in [0.2, 0.25) is 0 Å². The van der Waals surface area contributed by atoms with Gasteiger partial charge in [-0.2, -0.15) is 0 Å². The largest absolute Gasteiger partial charge is 0.303 e. The molecule has 0 aliphatic heterocycles. The zero-order valence-electron chi connectivity index (χ0n) is 7.80. The molecule has 17 heavy (non-hydrogen) atoms. The Balaban J connectivity index is 3.72. The van der Waals surface area contributed by atoms with Crippen molar-refractivity contribution in [2.75, 3.05) is 0 Å². The summed E-state index contributed by atoms with van der Waals surface area (Å²) in [7, 11) is -4.56. The van der Waals surface area contributed by atoms with Gasteiger partial charge >= 0.3 is 5.69 Å². The summed E-state index contributed by atoms with van der Waals surface area (Å²) in [6.07, 6.45) is -2.69. The second-order valence-electron chi connectivity index (χ2n) is 2.77. The predicted molar refractivity (Wildman–Crippen MR) is 54.9 cm³/mol. The molecular formula is C6H4BrF2N3O4S. The minimum atomic E-state index is -4.56. The first kappa shape index (κ1) is 13.9. The first-order chi connectivity index (χ1) is 7.66. The number of alkyl halides is 2. The maximum atomic E-state index is 12.5. The van der Waals surface area contributed by atoms with Crippen LogP contribution in [-0.4, -0.2) is 18.3 Å². The molecule has 1 aromatic heterocycles. The normalized spacial score (nSPS) is 11.8. The maximum absolute atomic E-state index is 12.5. The van der Waals surface area contributed by atoms with Crippen molar-refractivity contribution in [2.24, 2.45) is 5.14 Å². The summed E-state index contributed by atoms with van der Waals surface area (Å²) in [5.41, 5.74) is -1.90. The molecule has 94 valence electrons. The van der Waals surface area contributed by atoms with Gasteiger partial charge in [0.15, 0.2) is 0 Å². The summed E-state index contributed by atoms with van der Waals surface area (Å²) in [5, 5.41) is 15.2. The fraction of sp³-hybridized carbons (Fsp3) is 0.167. The number of hydrogen-bond acceptors (Lipinski definition) is 5. The highest BCUT2D eigenvalue weighted by Gasteiger charge is 2.30. The van der Waals surface area contributed by atoms with E-state index in [-0.39, 0.29) is 0 Å². The molecule has 0 bridgehead atoms. The quantitative estimate of drug-likeness (QED) is 0.662. The Labute approximate surface area is 102 Å². The summed E-state index contributed by atoms with van der Waals surface area (Å²) in [4.78, 5) is 11.5. The molecule has 0 aliphatic rings. The van der Waals surface area contributed by atoms with Gasteiger partial charge in [0.1, 0.15) is 21.3 Å². The summed E-state index contributed by atoms with van der Waals surface area (Å²) >= 11 is 2.56. The molecule has 1 aromatic rings. The highest BCUT2D eigenvalue weighted by atomic mass is 79.9. The van der Waals surface area contributed by atoms with Crippen LogP contribution in [0.1, 0.15) is 12.1 Å². The molecule has 0 saturated heterocycles. The van der Waals surface area contributed by atoms with Crippen LogP contribution < -0.4 is 5.14 Å². The molecule has 11 heteroatoms. The van der Waals surface area contributed by atoms with Crippen LogP contribution in [0.15, 0.2) is 15.6 Å². The average Bonchev–Trinajstić information content (AvgIpc) is 2.14. The number of pyridine rings is 1. The van der Waals surface area contributed by atoms with Crippen LogP contribution in [-0.2, 0) is 10.0 Å². The van der Waals surface area contributed by atoms with Gasteiger partial charge in [0, 0.05) is 0 Å². The van der Waals surface area contributed by atoms with Crippen molar-refractivity contribution in [1.82, 2.24) is 4.98 Å². The van der Waals surface area contributed by atoms with Gasteiger partial charge in [-0.15, -0.1) is 0 Å². The van der Waals surface area contributed by atoms with Crippen molar-refractivity contribution in [3.05, 3.63) is 26.5 Å². The molecule has 0 atom stereocenters. The van der Waals surface area contributed by atoms with E-state index >= 15 is 0 Å². The van der Waals surface area contributed by atoms with E-state index in [4.69, 9.17) is 5.14 Å². The molecule has 0 radical (unpaired) electrons. The van der Waals surface area contributed by atoms with Gasteiger partial charge in [-0.05, 0) is 15.9 Å². The van der Waals surface area contributed by atoms with Crippen LogP contribution in [0, 0.1) is 10.1 Å². The number of sulfonamides is 1. The first-order valence-electron chi connectivity index (χ1n) is 3.80. The molecule has 0 amide bonds. The maximum Gasteiger partial charge on any atom is 0.303 e. The molecule has 1 heterocycles. The van der Waals surface area contributed by atoms with Gasteiger partial charge in [0.2, 0.25) is 10.0 Å². The Morgan fingerprint density at radius 2 is 2.06 bits per heavy atom. The number of primary sulfonamides is 1. The average molecular weight is 332 g/mol. The van der Waals surface area contributed by atoms with Crippen molar-refractivity contribution in [3.8, 4) is 0 Å². The molecule has 0 fully saturated rings. The minimum Gasteiger partial charge on any atom is -0.258 e. The first-order valence-corrected chi connectivity index (χ1v) is 6.14. The molecule has 0 aromatic carbocycles. The van der Waals surface area contributed by atoms with Crippen molar-refractivity contribution in [1.29, 1.82) is 0 Å². The Hall–Kier alpha value is -1.20. The van der Waals surface area contributed by atoms with E-state index in [1.54, 1.807) is 0 Å². The molecular weight excluding hydrogens is 328 g/mol. The highest BCUT2D eigenvalue weighted by molar-refractivity contribution is 9.10. The predicted octanol–water partition coefficient (Wildman–Crippen LogP) is 1.34. The Morgan fingerprint density at radius 3 is 2.41 bits per heavy atom. The highest BCUT2D eigenvalue weighted by Crippen LogP contribution is 2.35. The minimum absolute atomic E-state index is 0.528. The van der Waals surface area contributed by atoms with Crippen molar-refractivity contribution in [2.45, 2.75) is 11.3 Å². The third-order valence-electron chi connectivity index (χ3n) is 1.67. The third kappa shape index (κ3) is 2.73. The van der Waals surface area contributed by atoms with Crippen molar-refractivity contribution < 1.29 is 22.1 Å². The lowest BCUT2D eigenvalue weighted by Gasteiger charge is -2.07. The molecule has 1 rings (SSSR count). The fourth-order valence-electron chi connectivity index (χ4n) is 1.03. The zero-order chi connectivity index (χ0) is 13.4. The Bertz CT molecular complexity index is 577. The van der Waals surface area contributed by atoms with E-state index in [9.17, 15) is 27.3 Å². The van der Waals surface area contributed by atoms with Crippen LogP contribution in [0.3, 0.4) is 0 Å². The van der Waals surface area contributed by atoms with Crippen molar-refractivity contribution in [3.63, 3.8) is 0 Å². The van der Waals surface area contributed by atoms with E-state index < -0.39 is 42.1 Å². The van der Waals surface area contributed by atoms with Gasteiger partial charge in [-0.1, -0.05) is 0 Å². The molecule has 0 unspecified atom stereocenters. The molecule has 0 spiro atoms. The number of nitrogens with zero attached hydrogens (tertiary/aromatic N) is 2. The number of aromatic nitrogens is 1. The summed E-state index contributed by atoms with van der Waals surface area (Å²) in [6, 6.07) is 0. The standard InChI is InChI=1S/C6H4BrF2N3O4S/c7-3-2(12(13)14)1-11-4(6(8)9)5(3)17(10,15)16/h1,6H,(H2,10,15,16). The molecule has 0 aliphatic carbocycles. The van der Waals surface area contributed by atoms with Gasteiger partial charge in [0.05, 0.1) is 4.92 Å². The van der Waals surface area contributed by atoms with Crippen molar-refractivity contribution >= 4 is 31.6 Å². The summed E-state index contributed by atoms with van der Waals surface area (Å²) in [6.45, 7) is 0. The second-order valence-corrected chi connectivity index (χ2v) is 5.07. The lowest BCUT2D eigenvalue weighted by molar-refractivity contribution is -0.386. The number of nitrogens with two attached hydrogens (primary N) is 1. The topological polar surface area (TPSA) is 116 Å². The number of rotatable bonds is 3. The van der Waals surface area contributed by atoms with E-state index in [2.05, 4.69) is 20.9 Å². The van der Waals surface area contributed by atoms with Gasteiger partial charge in [-0.25, -0.2) is 27.3 Å². The van der Waals surface area contributed by atoms with Gasteiger partial charge in [-0.3, -0.25) is 10.1 Å². The zero-order valence-corrected chi connectivity index (χ0v) is 10.2. The van der Waals surface area contributed by atoms with Crippen LogP contribution in [0.25, 0.3) is 0 Å². The smallest absolute Gasteiger partial charge is 0.258 e. The van der Waals surface area contributed by atoms with E-state index in [0.717, 1.165) is 0 Å². The van der Waals surface area contributed by atoms with Gasteiger partial charge < -0.3 is 0 Å². The third-order valence-corrected chi connectivity index (χ3v) is 3.72. The van der Waals surface area contributed by atoms with E-state index in [1.807, 2.05) is 0 Å². The lowest BCUT2D eigenvalue weighted by Crippen LogP contribution is -2.17. The van der Waals surface area contributed by atoms with Gasteiger partial charge in [0.25, 0.3) is 6.43 Å². The molecule has 0 saturated carbocycles. The summed E-state index contributed by atoms with van der Waals surface area (Å²) < 4.78 is 46.6. The monoisotopic (exact) mass is 331 g/mol. The second kappa shape index (κ2) is 4.58. The Morgan fingerprint density at radius 1 is 1.53 bits per heavy atom. The van der Waals surface area contributed by atoms with Crippen LogP contribution in [0.4, 0.5) is 14.5 Å². The SMILES string of the molecule is NS(=O)(=O)c1c(C(F)F)ncc([N+](=O)[O-])c1Br. The van der Waals surface area contributed by atoms with E-state index in [1.165, 1.54) is 0 Å². The Kier molecular flexibility index (Phi) is 3.74. The molecule has 7 nitrogen and oxygen atoms in total. The van der Waals surface area contributed by atoms with E-state index in [0.29, 0.717) is 6.20 Å². The number of halogens is 3. The number of nitro groups is 1. The number of hydrogen-bond donors (Lipinski definition) is 1. The van der Waals surface area contributed by atoms with Crippen LogP contribution >= 0.6 is 15.9 Å².